The summed E-state index contributed by atoms with van der Waals surface area (Å²) in [4.78, 5) is 21.9. The summed E-state index contributed by atoms with van der Waals surface area (Å²) >= 11 is 0. The number of rotatable bonds is 6. The predicted octanol–water partition coefficient (Wildman–Crippen LogP) is 2.77. The molecule has 0 aromatic carbocycles. The topological polar surface area (TPSA) is 52.6 Å². The third kappa shape index (κ3) is 6.26. The third-order valence-corrected chi connectivity index (χ3v) is 2.53. The van der Waals surface area contributed by atoms with E-state index in [1.807, 2.05) is 0 Å². The number of halogens is 3. The SMILES string of the molecule is C=C(C)C(=O)OC(C)(CC)CCOC(=O)C(F)(F)F. The first kappa shape index (κ1) is 17.5. The number of carbonyl (C=O) groups excluding carboxylic acids is 2. The van der Waals surface area contributed by atoms with Gasteiger partial charge in [-0.15, -0.1) is 0 Å². The maximum atomic E-state index is 11.9. The molecule has 0 aliphatic heterocycles. The van der Waals surface area contributed by atoms with E-state index < -0.39 is 30.3 Å². The first-order valence-electron chi connectivity index (χ1n) is 5.64. The molecular weight excluding hydrogens is 265 g/mol. The number of esters is 2. The molecule has 7 heteroatoms. The van der Waals surface area contributed by atoms with Crippen molar-refractivity contribution in [3.05, 3.63) is 12.2 Å². The number of carbonyl (C=O) groups is 2. The van der Waals surface area contributed by atoms with E-state index >= 15 is 0 Å². The summed E-state index contributed by atoms with van der Waals surface area (Å²) in [6, 6.07) is 0. The Labute approximate surface area is 109 Å². The second kappa shape index (κ2) is 6.58. The summed E-state index contributed by atoms with van der Waals surface area (Å²) in [6.45, 7) is 7.64. The van der Waals surface area contributed by atoms with Gasteiger partial charge in [-0.05, 0) is 20.3 Å². The van der Waals surface area contributed by atoms with E-state index in [0.717, 1.165) is 0 Å². The van der Waals surface area contributed by atoms with Crippen LogP contribution in [0, 0.1) is 0 Å². The highest BCUT2D eigenvalue weighted by atomic mass is 19.4. The van der Waals surface area contributed by atoms with Crippen LogP contribution in [-0.2, 0) is 19.1 Å². The van der Waals surface area contributed by atoms with Gasteiger partial charge in [0.25, 0.3) is 0 Å². The van der Waals surface area contributed by atoms with Crippen molar-refractivity contribution in [2.24, 2.45) is 0 Å². The molecule has 0 fully saturated rings. The number of alkyl halides is 3. The molecule has 0 spiro atoms. The van der Waals surface area contributed by atoms with Gasteiger partial charge in [0, 0.05) is 12.0 Å². The van der Waals surface area contributed by atoms with Gasteiger partial charge in [-0.3, -0.25) is 0 Å². The van der Waals surface area contributed by atoms with E-state index in [-0.39, 0.29) is 12.0 Å². The van der Waals surface area contributed by atoms with Crippen molar-refractivity contribution < 1.29 is 32.2 Å². The average Bonchev–Trinajstić information content (AvgIpc) is 2.27. The first-order valence-corrected chi connectivity index (χ1v) is 5.64. The zero-order chi connectivity index (χ0) is 15.3. The van der Waals surface area contributed by atoms with Crippen molar-refractivity contribution in [1.29, 1.82) is 0 Å². The van der Waals surface area contributed by atoms with Crippen molar-refractivity contribution in [2.75, 3.05) is 6.61 Å². The number of hydrogen-bond donors (Lipinski definition) is 0. The number of ether oxygens (including phenoxy) is 2. The molecule has 0 saturated heterocycles. The lowest BCUT2D eigenvalue weighted by Crippen LogP contribution is -2.34. The summed E-state index contributed by atoms with van der Waals surface area (Å²) in [7, 11) is 0. The molecule has 4 nitrogen and oxygen atoms in total. The van der Waals surface area contributed by atoms with E-state index in [9.17, 15) is 22.8 Å². The van der Waals surface area contributed by atoms with E-state index in [2.05, 4.69) is 11.3 Å². The van der Waals surface area contributed by atoms with Crippen LogP contribution >= 0.6 is 0 Å². The van der Waals surface area contributed by atoms with E-state index in [0.29, 0.717) is 6.42 Å². The van der Waals surface area contributed by atoms with Crippen molar-refractivity contribution in [2.45, 2.75) is 45.4 Å². The third-order valence-electron chi connectivity index (χ3n) is 2.53. The van der Waals surface area contributed by atoms with Crippen LogP contribution in [-0.4, -0.2) is 30.3 Å². The van der Waals surface area contributed by atoms with Crippen molar-refractivity contribution >= 4 is 11.9 Å². The minimum atomic E-state index is -5.02. The lowest BCUT2D eigenvalue weighted by molar-refractivity contribution is -0.201. The summed E-state index contributed by atoms with van der Waals surface area (Å²) in [5.41, 5.74) is -0.811. The lowest BCUT2D eigenvalue weighted by Gasteiger charge is -2.28. The van der Waals surface area contributed by atoms with Gasteiger partial charge in [-0.25, -0.2) is 9.59 Å². The van der Waals surface area contributed by atoms with E-state index in [1.54, 1.807) is 13.8 Å². The molecule has 0 saturated carbocycles. The van der Waals surface area contributed by atoms with E-state index in [4.69, 9.17) is 4.74 Å². The minimum absolute atomic E-state index is 0.0235. The van der Waals surface area contributed by atoms with Crippen LogP contribution in [0.1, 0.15) is 33.6 Å². The molecule has 0 bridgehead atoms. The van der Waals surface area contributed by atoms with Gasteiger partial charge in [0.15, 0.2) is 0 Å². The van der Waals surface area contributed by atoms with Crippen molar-refractivity contribution in [1.82, 2.24) is 0 Å². The number of hydrogen-bond acceptors (Lipinski definition) is 4. The lowest BCUT2D eigenvalue weighted by atomic mass is 9.99. The normalized spacial score (nSPS) is 14.4. The molecule has 19 heavy (non-hydrogen) atoms. The predicted molar refractivity (Wildman–Crippen MR) is 61.2 cm³/mol. The first-order chi connectivity index (χ1) is 8.52. The Morgan fingerprint density at radius 1 is 1.26 bits per heavy atom. The van der Waals surface area contributed by atoms with Crippen LogP contribution in [0.25, 0.3) is 0 Å². The Morgan fingerprint density at radius 3 is 2.16 bits per heavy atom. The van der Waals surface area contributed by atoms with Crippen molar-refractivity contribution in [3.8, 4) is 0 Å². The van der Waals surface area contributed by atoms with Crippen LogP contribution < -0.4 is 0 Å². The zero-order valence-electron chi connectivity index (χ0n) is 11.1. The second-order valence-corrected chi connectivity index (χ2v) is 4.36. The molecule has 0 aliphatic carbocycles. The monoisotopic (exact) mass is 282 g/mol. The average molecular weight is 282 g/mol. The molecular formula is C12H17F3O4. The maximum Gasteiger partial charge on any atom is 0.490 e. The Kier molecular flexibility index (Phi) is 6.05. The van der Waals surface area contributed by atoms with Crippen LogP contribution in [0.2, 0.25) is 0 Å². The smallest absolute Gasteiger partial charge is 0.459 e. The zero-order valence-corrected chi connectivity index (χ0v) is 11.1. The van der Waals surface area contributed by atoms with Gasteiger partial charge < -0.3 is 9.47 Å². The summed E-state index contributed by atoms with van der Waals surface area (Å²) in [5.74, 6) is -2.89. The van der Waals surface area contributed by atoms with Gasteiger partial charge in [-0.1, -0.05) is 13.5 Å². The van der Waals surface area contributed by atoms with Gasteiger partial charge in [-0.2, -0.15) is 13.2 Å². The van der Waals surface area contributed by atoms with Crippen LogP contribution in [0.15, 0.2) is 12.2 Å². The molecule has 1 atom stereocenters. The van der Waals surface area contributed by atoms with Gasteiger partial charge in [0.05, 0.1) is 6.61 Å². The second-order valence-electron chi connectivity index (χ2n) is 4.36. The Balaban J connectivity index is 4.37. The highest BCUT2D eigenvalue weighted by Crippen LogP contribution is 2.23. The summed E-state index contributed by atoms with van der Waals surface area (Å²) < 4.78 is 44.9. The highest BCUT2D eigenvalue weighted by molar-refractivity contribution is 5.87. The molecule has 110 valence electrons. The quantitative estimate of drug-likeness (QED) is 0.555. The molecule has 0 rings (SSSR count). The standard InChI is InChI=1S/C12H17F3O4/c1-5-11(4,19-9(16)8(2)3)6-7-18-10(17)12(13,14)15/h2,5-7H2,1,3-4H3. The Hall–Kier alpha value is -1.53. The molecule has 0 radical (unpaired) electrons. The fourth-order valence-corrected chi connectivity index (χ4v) is 1.05. The van der Waals surface area contributed by atoms with E-state index in [1.165, 1.54) is 6.92 Å². The minimum Gasteiger partial charge on any atom is -0.459 e. The van der Waals surface area contributed by atoms with Gasteiger partial charge >= 0.3 is 18.1 Å². The Bertz CT molecular complexity index is 362. The largest absolute Gasteiger partial charge is 0.490 e. The van der Waals surface area contributed by atoms with Crippen LogP contribution in [0.4, 0.5) is 13.2 Å². The van der Waals surface area contributed by atoms with Crippen LogP contribution in [0.3, 0.4) is 0 Å². The highest BCUT2D eigenvalue weighted by Gasteiger charge is 2.41. The molecule has 0 aliphatic rings. The van der Waals surface area contributed by atoms with Crippen molar-refractivity contribution in [3.63, 3.8) is 0 Å². The molecule has 0 aromatic rings. The van der Waals surface area contributed by atoms with Gasteiger partial charge in [0.2, 0.25) is 0 Å². The Morgan fingerprint density at radius 2 is 1.79 bits per heavy atom. The molecule has 1 unspecified atom stereocenters. The molecule has 0 N–H and O–H groups in total. The molecule has 0 heterocycles. The molecule has 0 amide bonds. The summed E-state index contributed by atoms with van der Waals surface area (Å²) in [5, 5.41) is 0. The fourth-order valence-electron chi connectivity index (χ4n) is 1.05. The fraction of sp³-hybridized carbons (Fsp3) is 0.667. The van der Waals surface area contributed by atoms with Gasteiger partial charge in [0.1, 0.15) is 5.60 Å². The van der Waals surface area contributed by atoms with Crippen LogP contribution in [0.5, 0.6) is 0 Å². The summed E-state index contributed by atoms with van der Waals surface area (Å²) in [6.07, 6.45) is -4.67. The maximum absolute atomic E-state index is 11.9. The molecule has 0 aromatic heterocycles.